The fourth-order valence-corrected chi connectivity index (χ4v) is 5.51. The molecule has 1 N–H and O–H groups in total. The van der Waals surface area contributed by atoms with Gasteiger partial charge in [-0.2, -0.15) is 0 Å². The van der Waals surface area contributed by atoms with Gasteiger partial charge in [-0.1, -0.05) is 48.9 Å². The van der Waals surface area contributed by atoms with Crippen LogP contribution in [0.5, 0.6) is 0 Å². The van der Waals surface area contributed by atoms with Crippen LogP contribution in [0.2, 0.25) is 0 Å². The second kappa shape index (κ2) is 13.1. The quantitative estimate of drug-likeness (QED) is 0.342. The lowest BCUT2D eigenvalue weighted by Gasteiger charge is -2.32. The number of hydrogen-bond acceptors (Lipinski definition) is 4. The van der Waals surface area contributed by atoms with Crippen LogP contribution in [0.25, 0.3) is 0 Å². The van der Waals surface area contributed by atoms with Crippen LogP contribution in [-0.2, 0) is 26.2 Å². The lowest BCUT2D eigenvalue weighted by molar-refractivity contribution is -0.139. The average Bonchev–Trinajstić information content (AvgIpc) is 2.92. The largest absolute Gasteiger partial charge is 0.352 e. The molecule has 0 saturated carbocycles. The van der Waals surface area contributed by atoms with E-state index in [9.17, 15) is 22.4 Å². The van der Waals surface area contributed by atoms with E-state index >= 15 is 0 Å². The predicted octanol–water partition coefficient (Wildman–Crippen LogP) is 5.28. The highest BCUT2D eigenvalue weighted by atomic mass is 32.2. The van der Waals surface area contributed by atoms with Crippen LogP contribution < -0.4 is 9.62 Å². The zero-order valence-electron chi connectivity index (χ0n) is 23.9. The maximum atomic E-state index is 14.7. The molecule has 3 aromatic carbocycles. The van der Waals surface area contributed by atoms with Gasteiger partial charge < -0.3 is 10.2 Å². The topological polar surface area (TPSA) is 86.8 Å². The van der Waals surface area contributed by atoms with E-state index in [2.05, 4.69) is 5.32 Å². The number of anilines is 1. The molecule has 0 spiro atoms. The van der Waals surface area contributed by atoms with Crippen molar-refractivity contribution in [3.8, 4) is 0 Å². The summed E-state index contributed by atoms with van der Waals surface area (Å²) >= 11 is 0. The first kappa shape index (κ1) is 30.8. The monoisotopic (exact) mass is 567 g/mol. The van der Waals surface area contributed by atoms with E-state index in [0.717, 1.165) is 21.0 Å². The fourth-order valence-electron chi connectivity index (χ4n) is 4.11. The highest BCUT2D eigenvalue weighted by molar-refractivity contribution is 7.92. The third-order valence-corrected chi connectivity index (χ3v) is 8.92. The minimum Gasteiger partial charge on any atom is -0.352 e. The smallest absolute Gasteiger partial charge is 0.264 e. The Kier molecular flexibility index (Phi) is 10.1. The Labute approximate surface area is 237 Å². The summed E-state index contributed by atoms with van der Waals surface area (Å²) in [4.78, 5) is 28.3. The van der Waals surface area contributed by atoms with Crippen LogP contribution in [0.15, 0.2) is 71.6 Å². The minimum absolute atomic E-state index is 0.0346. The van der Waals surface area contributed by atoms with Gasteiger partial charge in [0.1, 0.15) is 18.4 Å². The molecule has 2 atom stereocenters. The summed E-state index contributed by atoms with van der Waals surface area (Å²) < 4.78 is 43.5. The van der Waals surface area contributed by atoms with Gasteiger partial charge in [0.2, 0.25) is 11.8 Å². The van der Waals surface area contributed by atoms with E-state index in [1.165, 1.54) is 23.1 Å². The number of carbonyl (C=O) groups excluding carboxylic acids is 2. The van der Waals surface area contributed by atoms with Gasteiger partial charge in [-0.15, -0.1) is 0 Å². The Morgan fingerprint density at radius 2 is 1.57 bits per heavy atom. The second-order valence-corrected chi connectivity index (χ2v) is 12.1. The highest BCUT2D eigenvalue weighted by Crippen LogP contribution is 2.27. The standard InChI is InChI=1S/C31H38FN3O4S/c1-7-24(5)33-31(37)25(6)34(19-26-10-8-9-11-29(26)32)30(36)20-35(27-15-14-22(3)23(4)18-27)40(38,39)28-16-12-21(2)13-17-28/h8-18,24-25H,7,19-20H2,1-6H3,(H,33,37). The molecule has 7 nitrogen and oxygen atoms in total. The van der Waals surface area contributed by atoms with Crippen molar-refractivity contribution in [2.45, 2.75) is 71.5 Å². The Hall–Kier alpha value is -3.72. The zero-order chi connectivity index (χ0) is 29.6. The normalized spacial score (nSPS) is 12.9. The van der Waals surface area contributed by atoms with Crippen molar-refractivity contribution in [1.82, 2.24) is 10.2 Å². The van der Waals surface area contributed by atoms with Crippen molar-refractivity contribution in [2.75, 3.05) is 10.8 Å². The number of sulfonamides is 1. The van der Waals surface area contributed by atoms with Gasteiger partial charge in [-0.3, -0.25) is 13.9 Å². The lowest BCUT2D eigenvalue weighted by Crippen LogP contribution is -2.52. The average molecular weight is 568 g/mol. The van der Waals surface area contributed by atoms with Gasteiger partial charge in [0.05, 0.1) is 10.6 Å². The first-order chi connectivity index (χ1) is 18.8. The van der Waals surface area contributed by atoms with Gasteiger partial charge in [0.25, 0.3) is 10.0 Å². The summed E-state index contributed by atoms with van der Waals surface area (Å²) in [5, 5.41) is 2.87. The molecule has 214 valence electrons. The summed E-state index contributed by atoms with van der Waals surface area (Å²) in [5.41, 5.74) is 3.26. The lowest BCUT2D eigenvalue weighted by atomic mass is 10.1. The predicted molar refractivity (Wildman–Crippen MR) is 156 cm³/mol. The number of rotatable bonds is 11. The molecule has 0 radical (unpaired) electrons. The van der Waals surface area contributed by atoms with E-state index in [1.807, 2.05) is 34.6 Å². The van der Waals surface area contributed by atoms with Crippen molar-refractivity contribution in [2.24, 2.45) is 0 Å². The molecule has 0 fully saturated rings. The van der Waals surface area contributed by atoms with E-state index in [0.29, 0.717) is 12.1 Å². The molecule has 0 heterocycles. The molecular weight excluding hydrogens is 529 g/mol. The fraction of sp³-hybridized carbons (Fsp3) is 0.355. The van der Waals surface area contributed by atoms with Crippen LogP contribution >= 0.6 is 0 Å². The number of nitrogens with zero attached hydrogens (tertiary/aromatic N) is 2. The van der Waals surface area contributed by atoms with E-state index in [4.69, 9.17) is 0 Å². The number of carbonyl (C=O) groups is 2. The van der Waals surface area contributed by atoms with E-state index in [-0.39, 0.29) is 23.0 Å². The maximum Gasteiger partial charge on any atom is 0.264 e. The molecular formula is C31H38FN3O4S. The number of nitrogens with one attached hydrogen (secondary N) is 1. The number of aryl methyl sites for hydroxylation is 3. The minimum atomic E-state index is -4.17. The molecule has 0 bridgehead atoms. The van der Waals surface area contributed by atoms with Gasteiger partial charge in [0.15, 0.2) is 0 Å². The molecule has 40 heavy (non-hydrogen) atoms. The van der Waals surface area contributed by atoms with Crippen LogP contribution in [0.4, 0.5) is 10.1 Å². The summed E-state index contributed by atoms with van der Waals surface area (Å²) in [6.07, 6.45) is 0.690. The Balaban J connectivity index is 2.06. The van der Waals surface area contributed by atoms with Crippen LogP contribution in [-0.4, -0.2) is 43.8 Å². The summed E-state index contributed by atoms with van der Waals surface area (Å²) in [6.45, 7) is 10.2. The van der Waals surface area contributed by atoms with Crippen molar-refractivity contribution in [3.63, 3.8) is 0 Å². The summed E-state index contributed by atoms with van der Waals surface area (Å²) in [7, 11) is -4.17. The number of halogens is 1. The molecule has 3 aromatic rings. The molecule has 2 unspecified atom stereocenters. The zero-order valence-corrected chi connectivity index (χ0v) is 24.8. The van der Waals surface area contributed by atoms with Gasteiger partial charge in [0, 0.05) is 18.2 Å². The van der Waals surface area contributed by atoms with E-state index < -0.39 is 40.2 Å². The Bertz CT molecular complexity index is 1460. The van der Waals surface area contributed by atoms with Crippen LogP contribution in [0.1, 0.15) is 49.4 Å². The Morgan fingerprint density at radius 3 is 2.17 bits per heavy atom. The SMILES string of the molecule is CCC(C)NC(=O)C(C)N(Cc1ccccc1F)C(=O)CN(c1ccc(C)c(C)c1)S(=O)(=O)c1ccc(C)cc1. The van der Waals surface area contributed by atoms with Crippen LogP contribution in [0, 0.1) is 26.6 Å². The Morgan fingerprint density at radius 1 is 0.925 bits per heavy atom. The van der Waals surface area contributed by atoms with Crippen LogP contribution in [0.3, 0.4) is 0 Å². The third-order valence-electron chi connectivity index (χ3n) is 7.13. The molecule has 3 rings (SSSR count). The first-order valence-corrected chi connectivity index (χ1v) is 14.8. The molecule has 0 aliphatic rings. The van der Waals surface area contributed by atoms with Crippen molar-refractivity contribution < 1.29 is 22.4 Å². The molecule has 2 amide bonds. The first-order valence-electron chi connectivity index (χ1n) is 13.3. The molecule has 0 aromatic heterocycles. The van der Waals surface area contributed by atoms with Crippen molar-refractivity contribution in [3.05, 3.63) is 94.8 Å². The molecule has 0 aliphatic carbocycles. The van der Waals surface area contributed by atoms with Gasteiger partial charge in [-0.25, -0.2) is 12.8 Å². The number of benzene rings is 3. The summed E-state index contributed by atoms with van der Waals surface area (Å²) in [6, 6.07) is 16.5. The molecule has 0 aliphatic heterocycles. The highest BCUT2D eigenvalue weighted by Gasteiger charge is 2.33. The molecule has 0 saturated heterocycles. The third kappa shape index (κ3) is 7.27. The van der Waals surface area contributed by atoms with Crippen molar-refractivity contribution in [1.29, 1.82) is 0 Å². The van der Waals surface area contributed by atoms with Gasteiger partial charge in [-0.05, 0) is 82.5 Å². The van der Waals surface area contributed by atoms with Crippen molar-refractivity contribution >= 4 is 27.5 Å². The number of amides is 2. The number of hydrogen-bond donors (Lipinski definition) is 1. The summed E-state index contributed by atoms with van der Waals surface area (Å²) in [5.74, 6) is -1.56. The van der Waals surface area contributed by atoms with E-state index in [1.54, 1.807) is 55.5 Å². The maximum absolute atomic E-state index is 14.7. The molecule has 9 heteroatoms. The van der Waals surface area contributed by atoms with Gasteiger partial charge >= 0.3 is 0 Å². The second-order valence-electron chi connectivity index (χ2n) is 10.2.